The molecule has 0 spiro atoms. The Hall–Kier alpha value is -1.39. The van der Waals surface area contributed by atoms with Gasteiger partial charge in [-0.2, -0.15) is 0 Å². The van der Waals surface area contributed by atoms with E-state index in [1.54, 1.807) is 0 Å². The zero-order valence-corrected chi connectivity index (χ0v) is 10.5. The third kappa shape index (κ3) is 3.28. The SMILES string of the molecule is Cc1cc(C)c(C(N)CC(N)C(=O)O)c(C)c1. The molecule has 0 radical (unpaired) electrons. The summed E-state index contributed by atoms with van der Waals surface area (Å²) in [6, 6.07) is 2.86. The van der Waals surface area contributed by atoms with Gasteiger partial charge in [-0.25, -0.2) is 0 Å². The van der Waals surface area contributed by atoms with Crippen molar-refractivity contribution in [3.05, 3.63) is 34.4 Å². The van der Waals surface area contributed by atoms with E-state index >= 15 is 0 Å². The van der Waals surface area contributed by atoms with Gasteiger partial charge in [-0.05, 0) is 43.9 Å². The van der Waals surface area contributed by atoms with E-state index in [0.717, 1.165) is 16.7 Å². The smallest absolute Gasteiger partial charge is 0.320 e. The number of rotatable bonds is 4. The quantitative estimate of drug-likeness (QED) is 0.737. The minimum absolute atomic E-state index is 0.250. The van der Waals surface area contributed by atoms with Gasteiger partial charge in [0, 0.05) is 6.04 Å². The summed E-state index contributed by atoms with van der Waals surface area (Å²) in [6.45, 7) is 6.00. The normalized spacial score (nSPS) is 14.4. The number of carbonyl (C=O) groups is 1. The van der Waals surface area contributed by atoms with E-state index in [1.807, 2.05) is 20.8 Å². The second-order valence-electron chi connectivity index (χ2n) is 4.60. The second kappa shape index (κ2) is 5.29. The van der Waals surface area contributed by atoms with Gasteiger partial charge < -0.3 is 16.6 Å². The molecular weight excluding hydrogens is 216 g/mol. The molecule has 94 valence electrons. The number of hydrogen-bond donors (Lipinski definition) is 3. The minimum Gasteiger partial charge on any atom is -0.480 e. The van der Waals surface area contributed by atoms with Crippen LogP contribution in [0.1, 0.15) is 34.7 Å². The molecule has 0 aliphatic rings. The van der Waals surface area contributed by atoms with Gasteiger partial charge in [0.15, 0.2) is 0 Å². The Morgan fingerprint density at radius 2 is 1.71 bits per heavy atom. The van der Waals surface area contributed by atoms with E-state index in [4.69, 9.17) is 16.6 Å². The number of benzene rings is 1. The van der Waals surface area contributed by atoms with Crippen molar-refractivity contribution in [2.75, 3.05) is 0 Å². The molecule has 5 N–H and O–H groups in total. The molecule has 0 aliphatic carbocycles. The molecule has 17 heavy (non-hydrogen) atoms. The van der Waals surface area contributed by atoms with E-state index in [2.05, 4.69) is 12.1 Å². The van der Waals surface area contributed by atoms with Crippen molar-refractivity contribution in [3.63, 3.8) is 0 Å². The Balaban J connectivity index is 2.96. The number of aryl methyl sites for hydroxylation is 3. The fourth-order valence-electron chi connectivity index (χ4n) is 2.27. The fraction of sp³-hybridized carbons (Fsp3) is 0.462. The highest BCUT2D eigenvalue weighted by molar-refractivity contribution is 5.73. The van der Waals surface area contributed by atoms with Crippen molar-refractivity contribution >= 4 is 5.97 Å². The molecular formula is C13H20N2O2. The van der Waals surface area contributed by atoms with E-state index < -0.39 is 12.0 Å². The number of hydrogen-bond acceptors (Lipinski definition) is 3. The first-order valence-corrected chi connectivity index (χ1v) is 5.64. The first-order chi connectivity index (χ1) is 7.82. The molecule has 1 aromatic carbocycles. The van der Waals surface area contributed by atoms with Crippen molar-refractivity contribution in [1.82, 2.24) is 0 Å². The van der Waals surface area contributed by atoms with Crippen LogP contribution in [-0.4, -0.2) is 17.1 Å². The summed E-state index contributed by atoms with van der Waals surface area (Å²) in [5.41, 5.74) is 15.9. The van der Waals surface area contributed by atoms with Crippen molar-refractivity contribution < 1.29 is 9.90 Å². The molecule has 2 atom stereocenters. The second-order valence-corrected chi connectivity index (χ2v) is 4.60. The molecule has 4 heteroatoms. The van der Waals surface area contributed by atoms with E-state index in [9.17, 15) is 4.79 Å². The van der Waals surface area contributed by atoms with Gasteiger partial charge in [0.1, 0.15) is 6.04 Å². The average Bonchev–Trinajstić information content (AvgIpc) is 2.15. The van der Waals surface area contributed by atoms with Crippen LogP contribution in [-0.2, 0) is 4.79 Å². The van der Waals surface area contributed by atoms with Gasteiger partial charge in [0.2, 0.25) is 0 Å². The molecule has 0 fully saturated rings. The molecule has 0 aromatic heterocycles. The number of aliphatic carboxylic acids is 1. The largest absolute Gasteiger partial charge is 0.480 e. The first-order valence-electron chi connectivity index (χ1n) is 5.64. The summed E-state index contributed by atoms with van der Waals surface area (Å²) in [4.78, 5) is 10.7. The predicted molar refractivity (Wildman–Crippen MR) is 67.8 cm³/mol. The zero-order valence-electron chi connectivity index (χ0n) is 10.5. The number of nitrogens with two attached hydrogens (primary N) is 2. The predicted octanol–water partition coefficient (Wildman–Crippen LogP) is 1.41. The van der Waals surface area contributed by atoms with Crippen LogP contribution in [0.3, 0.4) is 0 Å². The summed E-state index contributed by atoms with van der Waals surface area (Å²) in [5.74, 6) is -1.01. The highest BCUT2D eigenvalue weighted by atomic mass is 16.4. The van der Waals surface area contributed by atoms with E-state index in [1.165, 1.54) is 5.56 Å². The summed E-state index contributed by atoms with van der Waals surface area (Å²) in [5, 5.41) is 8.78. The monoisotopic (exact) mass is 236 g/mol. The lowest BCUT2D eigenvalue weighted by Gasteiger charge is -2.20. The summed E-state index contributed by atoms with van der Waals surface area (Å²) in [6.07, 6.45) is 0.250. The Bertz CT molecular complexity index is 406. The Kier molecular flexibility index (Phi) is 4.26. The van der Waals surface area contributed by atoms with Crippen LogP contribution in [0.25, 0.3) is 0 Å². The lowest BCUT2D eigenvalue weighted by molar-refractivity contribution is -0.138. The standard InChI is InChI=1S/C13H20N2O2/c1-7-4-8(2)12(9(3)5-7)10(14)6-11(15)13(16)17/h4-5,10-11H,6,14-15H2,1-3H3,(H,16,17). The molecule has 0 aliphatic heterocycles. The van der Waals surface area contributed by atoms with Crippen molar-refractivity contribution in [2.45, 2.75) is 39.3 Å². The summed E-state index contributed by atoms with van der Waals surface area (Å²) in [7, 11) is 0. The fourth-order valence-corrected chi connectivity index (χ4v) is 2.27. The molecule has 0 heterocycles. The number of carboxylic acid groups (broad SMARTS) is 1. The van der Waals surface area contributed by atoms with Crippen LogP contribution in [0.5, 0.6) is 0 Å². The molecule has 0 amide bonds. The van der Waals surface area contributed by atoms with Gasteiger partial charge in [-0.1, -0.05) is 17.7 Å². The topological polar surface area (TPSA) is 89.3 Å². The van der Waals surface area contributed by atoms with Crippen LogP contribution in [0.15, 0.2) is 12.1 Å². The lowest BCUT2D eigenvalue weighted by Crippen LogP contribution is -2.34. The molecule has 0 bridgehead atoms. The zero-order chi connectivity index (χ0) is 13.2. The summed E-state index contributed by atoms with van der Waals surface area (Å²) >= 11 is 0. The van der Waals surface area contributed by atoms with Crippen LogP contribution in [0, 0.1) is 20.8 Å². The minimum atomic E-state index is -1.01. The van der Waals surface area contributed by atoms with Crippen molar-refractivity contribution in [2.24, 2.45) is 11.5 Å². The van der Waals surface area contributed by atoms with Gasteiger partial charge in [0.25, 0.3) is 0 Å². The highest BCUT2D eigenvalue weighted by Crippen LogP contribution is 2.24. The summed E-state index contributed by atoms with van der Waals surface area (Å²) < 4.78 is 0. The Labute approximate surface area is 102 Å². The maximum Gasteiger partial charge on any atom is 0.320 e. The van der Waals surface area contributed by atoms with Crippen LogP contribution in [0.4, 0.5) is 0 Å². The third-order valence-electron chi connectivity index (χ3n) is 2.93. The lowest BCUT2D eigenvalue weighted by atomic mass is 9.91. The number of carboxylic acids is 1. The maximum absolute atomic E-state index is 10.7. The average molecular weight is 236 g/mol. The third-order valence-corrected chi connectivity index (χ3v) is 2.93. The Morgan fingerprint density at radius 3 is 2.12 bits per heavy atom. The Morgan fingerprint density at radius 1 is 1.24 bits per heavy atom. The van der Waals surface area contributed by atoms with Gasteiger partial charge in [-0.15, -0.1) is 0 Å². The molecule has 1 aromatic rings. The van der Waals surface area contributed by atoms with Crippen LogP contribution in [0.2, 0.25) is 0 Å². The van der Waals surface area contributed by atoms with Crippen LogP contribution < -0.4 is 11.5 Å². The maximum atomic E-state index is 10.7. The molecule has 2 unspecified atom stereocenters. The first kappa shape index (κ1) is 13.7. The van der Waals surface area contributed by atoms with Gasteiger partial charge in [-0.3, -0.25) is 4.79 Å². The van der Waals surface area contributed by atoms with Gasteiger partial charge >= 0.3 is 5.97 Å². The van der Waals surface area contributed by atoms with Crippen molar-refractivity contribution in [1.29, 1.82) is 0 Å². The molecule has 0 saturated heterocycles. The van der Waals surface area contributed by atoms with Crippen LogP contribution >= 0.6 is 0 Å². The molecule has 1 rings (SSSR count). The van der Waals surface area contributed by atoms with E-state index in [0.29, 0.717) is 0 Å². The van der Waals surface area contributed by atoms with E-state index in [-0.39, 0.29) is 12.5 Å². The van der Waals surface area contributed by atoms with Gasteiger partial charge in [0.05, 0.1) is 0 Å². The molecule has 0 saturated carbocycles. The van der Waals surface area contributed by atoms with Crippen molar-refractivity contribution in [3.8, 4) is 0 Å². The highest BCUT2D eigenvalue weighted by Gasteiger charge is 2.19. The molecule has 4 nitrogen and oxygen atoms in total.